The molecular formula is C21H18Cl2N2O4S. The molecule has 3 rings (SSSR count). The molecule has 0 spiro atoms. The van der Waals surface area contributed by atoms with Crippen molar-refractivity contribution >= 4 is 50.5 Å². The number of carbonyl (C=O) groups excluding carboxylic acids is 1. The van der Waals surface area contributed by atoms with E-state index in [9.17, 15) is 13.2 Å². The number of sulfonamides is 1. The van der Waals surface area contributed by atoms with Crippen molar-refractivity contribution in [2.75, 3.05) is 23.8 Å². The number of nitrogens with zero attached hydrogens (tertiary/aromatic N) is 1. The van der Waals surface area contributed by atoms with Crippen LogP contribution in [0.2, 0.25) is 10.0 Å². The fourth-order valence-corrected chi connectivity index (χ4v) is 4.22. The number of ether oxygens (including phenoxy) is 1. The summed E-state index contributed by atoms with van der Waals surface area (Å²) in [5.74, 6) is 0.168. The molecule has 0 saturated heterocycles. The van der Waals surface area contributed by atoms with Gasteiger partial charge in [0.05, 0.1) is 17.0 Å². The fourth-order valence-electron chi connectivity index (χ4n) is 2.68. The lowest BCUT2D eigenvalue weighted by Gasteiger charge is -2.18. The molecule has 0 fully saturated rings. The highest BCUT2D eigenvalue weighted by Gasteiger charge is 2.17. The molecular weight excluding hydrogens is 447 g/mol. The number of amides is 1. The number of rotatable bonds is 6. The lowest BCUT2D eigenvalue weighted by molar-refractivity contribution is 0.0993. The van der Waals surface area contributed by atoms with Gasteiger partial charge in [0.15, 0.2) is 0 Å². The molecule has 3 aromatic carbocycles. The van der Waals surface area contributed by atoms with Gasteiger partial charge in [-0.25, -0.2) is 8.42 Å². The zero-order chi connectivity index (χ0) is 21.9. The molecule has 6 nitrogen and oxygen atoms in total. The Morgan fingerprint density at radius 3 is 2.17 bits per heavy atom. The van der Waals surface area contributed by atoms with Crippen molar-refractivity contribution < 1.29 is 17.9 Å². The van der Waals surface area contributed by atoms with E-state index in [0.717, 1.165) is 0 Å². The molecule has 1 N–H and O–H groups in total. The van der Waals surface area contributed by atoms with E-state index < -0.39 is 10.0 Å². The Balaban J connectivity index is 1.75. The highest BCUT2D eigenvalue weighted by Crippen LogP contribution is 2.28. The van der Waals surface area contributed by atoms with E-state index in [-0.39, 0.29) is 15.8 Å². The standard InChI is InChI=1S/C21H18Cl2N2O4S/c1-25(21(26)14-3-5-15(22)6-4-14)17-9-7-16(8-10-17)24-30(27,28)18-11-12-20(29-2)19(23)13-18/h3-13,24H,1-2H3. The maximum Gasteiger partial charge on any atom is 0.261 e. The van der Waals surface area contributed by atoms with Crippen molar-refractivity contribution in [1.82, 2.24) is 0 Å². The normalized spacial score (nSPS) is 11.1. The molecule has 1 amide bonds. The van der Waals surface area contributed by atoms with Gasteiger partial charge in [0, 0.05) is 29.0 Å². The summed E-state index contributed by atoms with van der Waals surface area (Å²) in [7, 11) is -0.758. The average Bonchev–Trinajstić information content (AvgIpc) is 2.73. The van der Waals surface area contributed by atoms with Gasteiger partial charge in [-0.1, -0.05) is 23.2 Å². The number of benzene rings is 3. The van der Waals surface area contributed by atoms with Gasteiger partial charge in [-0.05, 0) is 66.7 Å². The van der Waals surface area contributed by atoms with E-state index >= 15 is 0 Å². The SMILES string of the molecule is COc1ccc(S(=O)(=O)Nc2ccc(N(C)C(=O)c3ccc(Cl)cc3)cc2)cc1Cl. The van der Waals surface area contributed by atoms with Crippen LogP contribution in [0.25, 0.3) is 0 Å². The summed E-state index contributed by atoms with van der Waals surface area (Å²) in [6.07, 6.45) is 0. The van der Waals surface area contributed by atoms with Crippen LogP contribution in [0.5, 0.6) is 5.75 Å². The minimum Gasteiger partial charge on any atom is -0.495 e. The first-order valence-corrected chi connectivity index (χ1v) is 11.0. The Morgan fingerprint density at radius 2 is 1.60 bits per heavy atom. The van der Waals surface area contributed by atoms with Gasteiger partial charge in [0.1, 0.15) is 5.75 Å². The number of anilines is 2. The molecule has 0 aliphatic rings. The van der Waals surface area contributed by atoms with Crippen LogP contribution >= 0.6 is 23.2 Å². The minimum absolute atomic E-state index is 0.00686. The summed E-state index contributed by atoms with van der Waals surface area (Å²) in [6.45, 7) is 0. The zero-order valence-corrected chi connectivity index (χ0v) is 18.4. The molecule has 3 aromatic rings. The van der Waals surface area contributed by atoms with Gasteiger partial charge in [-0.15, -0.1) is 0 Å². The zero-order valence-electron chi connectivity index (χ0n) is 16.1. The predicted octanol–water partition coefficient (Wildman–Crippen LogP) is 5.08. The second kappa shape index (κ2) is 8.95. The van der Waals surface area contributed by atoms with Crippen molar-refractivity contribution in [2.24, 2.45) is 0 Å². The third-order valence-electron chi connectivity index (χ3n) is 4.34. The number of nitrogens with one attached hydrogen (secondary N) is 1. The van der Waals surface area contributed by atoms with Gasteiger partial charge < -0.3 is 9.64 Å². The quantitative estimate of drug-likeness (QED) is 0.551. The third kappa shape index (κ3) is 4.87. The molecule has 0 aromatic heterocycles. The lowest BCUT2D eigenvalue weighted by Crippen LogP contribution is -2.26. The van der Waals surface area contributed by atoms with Gasteiger partial charge in [-0.3, -0.25) is 9.52 Å². The molecule has 156 valence electrons. The molecule has 0 aliphatic carbocycles. The second-order valence-corrected chi connectivity index (χ2v) is 8.85. The largest absolute Gasteiger partial charge is 0.495 e. The van der Waals surface area contributed by atoms with Crippen molar-refractivity contribution in [2.45, 2.75) is 4.90 Å². The molecule has 0 bridgehead atoms. The number of hydrogen-bond acceptors (Lipinski definition) is 4. The van der Waals surface area contributed by atoms with E-state index in [1.165, 1.54) is 30.2 Å². The minimum atomic E-state index is -3.84. The number of hydrogen-bond donors (Lipinski definition) is 1. The Morgan fingerprint density at radius 1 is 0.967 bits per heavy atom. The van der Waals surface area contributed by atoms with Crippen molar-refractivity contribution in [3.8, 4) is 5.75 Å². The maximum absolute atomic E-state index is 12.6. The van der Waals surface area contributed by atoms with Crippen LogP contribution in [0.1, 0.15) is 10.4 Å². The summed E-state index contributed by atoms with van der Waals surface area (Å²) in [4.78, 5) is 14.1. The first kappa shape index (κ1) is 22.0. The first-order chi connectivity index (χ1) is 14.2. The van der Waals surface area contributed by atoms with E-state index in [0.29, 0.717) is 27.7 Å². The van der Waals surface area contributed by atoms with Gasteiger partial charge in [0.25, 0.3) is 15.9 Å². The van der Waals surface area contributed by atoms with E-state index in [1.807, 2.05) is 0 Å². The van der Waals surface area contributed by atoms with Crippen LogP contribution < -0.4 is 14.4 Å². The monoisotopic (exact) mass is 464 g/mol. The van der Waals surface area contributed by atoms with Crippen LogP contribution in [-0.2, 0) is 10.0 Å². The van der Waals surface area contributed by atoms with Crippen LogP contribution in [0.3, 0.4) is 0 Å². The summed E-state index contributed by atoms with van der Waals surface area (Å²) < 4.78 is 32.7. The van der Waals surface area contributed by atoms with Crippen molar-refractivity contribution in [1.29, 1.82) is 0 Å². The Kier molecular flexibility index (Phi) is 6.55. The average molecular weight is 465 g/mol. The first-order valence-electron chi connectivity index (χ1n) is 8.71. The molecule has 0 unspecified atom stereocenters. The summed E-state index contributed by atoms with van der Waals surface area (Å²) in [5.41, 5.74) is 1.44. The Hall–Kier alpha value is -2.74. The van der Waals surface area contributed by atoms with Crippen molar-refractivity contribution in [3.05, 3.63) is 82.3 Å². The molecule has 0 heterocycles. The van der Waals surface area contributed by atoms with Crippen LogP contribution in [0, 0.1) is 0 Å². The van der Waals surface area contributed by atoms with E-state index in [1.54, 1.807) is 55.6 Å². The highest BCUT2D eigenvalue weighted by molar-refractivity contribution is 7.92. The molecule has 0 radical (unpaired) electrons. The Labute approximate surface area is 185 Å². The molecule has 0 aliphatic heterocycles. The number of carbonyl (C=O) groups is 1. The highest BCUT2D eigenvalue weighted by atomic mass is 35.5. The smallest absolute Gasteiger partial charge is 0.261 e. The molecule has 9 heteroatoms. The third-order valence-corrected chi connectivity index (χ3v) is 6.26. The number of methoxy groups -OCH3 is 1. The van der Waals surface area contributed by atoms with E-state index in [4.69, 9.17) is 27.9 Å². The van der Waals surface area contributed by atoms with Gasteiger partial charge in [-0.2, -0.15) is 0 Å². The fraction of sp³-hybridized carbons (Fsp3) is 0.0952. The lowest BCUT2D eigenvalue weighted by atomic mass is 10.2. The Bertz CT molecular complexity index is 1160. The van der Waals surface area contributed by atoms with E-state index in [2.05, 4.69) is 4.72 Å². The van der Waals surface area contributed by atoms with Crippen LogP contribution in [-0.4, -0.2) is 28.5 Å². The van der Waals surface area contributed by atoms with Gasteiger partial charge in [0.2, 0.25) is 0 Å². The predicted molar refractivity (Wildman–Crippen MR) is 119 cm³/mol. The summed E-state index contributed by atoms with van der Waals surface area (Å²) in [6, 6.07) is 17.2. The summed E-state index contributed by atoms with van der Waals surface area (Å²) in [5, 5.41) is 0.738. The van der Waals surface area contributed by atoms with Gasteiger partial charge >= 0.3 is 0 Å². The molecule has 0 saturated carbocycles. The second-order valence-electron chi connectivity index (χ2n) is 6.32. The topological polar surface area (TPSA) is 75.7 Å². The maximum atomic E-state index is 12.6. The number of halogens is 2. The summed E-state index contributed by atoms with van der Waals surface area (Å²) >= 11 is 11.9. The molecule has 30 heavy (non-hydrogen) atoms. The van der Waals surface area contributed by atoms with Crippen LogP contribution in [0.15, 0.2) is 71.6 Å². The molecule has 0 atom stereocenters. The van der Waals surface area contributed by atoms with Crippen molar-refractivity contribution in [3.63, 3.8) is 0 Å². The van der Waals surface area contributed by atoms with Crippen LogP contribution in [0.4, 0.5) is 11.4 Å².